The van der Waals surface area contributed by atoms with Crippen LogP contribution in [0.2, 0.25) is 0 Å². The molecule has 0 radical (unpaired) electrons. The van der Waals surface area contributed by atoms with Gasteiger partial charge in [-0.3, -0.25) is 4.79 Å². The smallest absolute Gasteiger partial charge is 0.242 e. The number of amides is 1. The lowest BCUT2D eigenvalue weighted by atomic mass is 9.89. The summed E-state index contributed by atoms with van der Waals surface area (Å²) in [4.78, 5) is 14.0. The van der Waals surface area contributed by atoms with Crippen molar-refractivity contribution < 1.29 is 9.53 Å². The van der Waals surface area contributed by atoms with E-state index in [0.29, 0.717) is 26.1 Å². The van der Waals surface area contributed by atoms with Crippen molar-refractivity contribution in [1.29, 1.82) is 0 Å². The molecule has 4 heteroatoms. The Morgan fingerprint density at radius 2 is 2.00 bits per heavy atom. The van der Waals surface area contributed by atoms with Crippen LogP contribution in [0.1, 0.15) is 33.1 Å². The molecule has 0 aromatic heterocycles. The second kappa shape index (κ2) is 5.47. The van der Waals surface area contributed by atoms with E-state index in [9.17, 15) is 4.79 Å². The lowest BCUT2D eigenvalue weighted by molar-refractivity contribution is -0.140. The molecular formula is C11H22N2O2. The molecule has 0 aromatic rings. The standard InChI is InChI=1S/C11H22N2O2/c1-3-7-13(4-2)10(14)11(12)5-8-15-9-6-11/h3-9,12H2,1-2H3. The summed E-state index contributed by atoms with van der Waals surface area (Å²) < 4.78 is 5.24. The minimum absolute atomic E-state index is 0.0927. The van der Waals surface area contributed by atoms with E-state index in [-0.39, 0.29) is 5.91 Å². The molecule has 0 bridgehead atoms. The van der Waals surface area contributed by atoms with Gasteiger partial charge in [-0.15, -0.1) is 0 Å². The van der Waals surface area contributed by atoms with Crippen LogP contribution < -0.4 is 5.73 Å². The van der Waals surface area contributed by atoms with Crippen molar-refractivity contribution in [2.45, 2.75) is 38.6 Å². The van der Waals surface area contributed by atoms with Crippen LogP contribution in [0.4, 0.5) is 0 Å². The lowest BCUT2D eigenvalue weighted by Crippen LogP contribution is -2.58. The van der Waals surface area contributed by atoms with Gasteiger partial charge in [0.15, 0.2) is 0 Å². The van der Waals surface area contributed by atoms with Crippen molar-refractivity contribution in [2.75, 3.05) is 26.3 Å². The Balaban J connectivity index is 2.62. The van der Waals surface area contributed by atoms with Gasteiger partial charge in [-0.2, -0.15) is 0 Å². The van der Waals surface area contributed by atoms with Crippen molar-refractivity contribution in [3.63, 3.8) is 0 Å². The summed E-state index contributed by atoms with van der Waals surface area (Å²) in [5.74, 6) is 0.0927. The van der Waals surface area contributed by atoms with Crippen molar-refractivity contribution in [1.82, 2.24) is 4.90 Å². The minimum atomic E-state index is -0.677. The van der Waals surface area contributed by atoms with Gasteiger partial charge in [-0.1, -0.05) is 6.92 Å². The molecule has 0 spiro atoms. The van der Waals surface area contributed by atoms with E-state index in [0.717, 1.165) is 19.5 Å². The Labute approximate surface area is 91.8 Å². The summed E-state index contributed by atoms with van der Waals surface area (Å²) in [7, 11) is 0. The Hall–Kier alpha value is -0.610. The first-order chi connectivity index (χ1) is 7.14. The molecule has 1 aliphatic rings. The average Bonchev–Trinajstić information content (AvgIpc) is 2.26. The molecule has 1 aliphatic heterocycles. The van der Waals surface area contributed by atoms with E-state index < -0.39 is 5.54 Å². The van der Waals surface area contributed by atoms with Crippen molar-refractivity contribution >= 4 is 5.91 Å². The third-order valence-corrected chi connectivity index (χ3v) is 2.97. The molecule has 1 amide bonds. The summed E-state index contributed by atoms with van der Waals surface area (Å²) in [6.07, 6.45) is 2.27. The predicted octanol–water partition coefficient (Wildman–Crippen LogP) is 0.753. The van der Waals surface area contributed by atoms with Crippen molar-refractivity contribution in [2.24, 2.45) is 5.73 Å². The highest BCUT2D eigenvalue weighted by Gasteiger charge is 2.38. The third-order valence-electron chi connectivity index (χ3n) is 2.97. The molecule has 1 heterocycles. The number of carbonyl (C=O) groups excluding carboxylic acids is 1. The first kappa shape index (κ1) is 12.5. The molecule has 1 rings (SSSR count). The molecule has 4 nitrogen and oxygen atoms in total. The Kier molecular flexibility index (Phi) is 4.54. The highest BCUT2D eigenvalue weighted by molar-refractivity contribution is 5.86. The van der Waals surface area contributed by atoms with Gasteiger partial charge in [0.2, 0.25) is 5.91 Å². The Morgan fingerprint density at radius 1 is 1.40 bits per heavy atom. The molecule has 0 aliphatic carbocycles. The summed E-state index contributed by atoms with van der Waals surface area (Å²) in [6, 6.07) is 0. The van der Waals surface area contributed by atoms with E-state index in [4.69, 9.17) is 10.5 Å². The zero-order valence-corrected chi connectivity index (χ0v) is 9.79. The first-order valence-corrected chi connectivity index (χ1v) is 5.80. The third kappa shape index (κ3) is 2.92. The molecule has 2 N–H and O–H groups in total. The number of nitrogens with zero attached hydrogens (tertiary/aromatic N) is 1. The number of ether oxygens (including phenoxy) is 1. The summed E-state index contributed by atoms with van der Waals surface area (Å²) in [6.45, 7) is 6.82. The largest absolute Gasteiger partial charge is 0.381 e. The molecule has 88 valence electrons. The Morgan fingerprint density at radius 3 is 2.47 bits per heavy atom. The van der Waals surface area contributed by atoms with Crippen LogP contribution >= 0.6 is 0 Å². The highest BCUT2D eigenvalue weighted by atomic mass is 16.5. The van der Waals surface area contributed by atoms with Crippen LogP contribution in [0.15, 0.2) is 0 Å². The van der Waals surface area contributed by atoms with Crippen LogP contribution in [-0.2, 0) is 9.53 Å². The second-order valence-electron chi connectivity index (χ2n) is 4.15. The maximum Gasteiger partial charge on any atom is 0.242 e. The molecule has 0 atom stereocenters. The molecule has 0 aromatic carbocycles. The van der Waals surface area contributed by atoms with Crippen LogP contribution in [0.3, 0.4) is 0 Å². The normalized spacial score (nSPS) is 19.9. The molecule has 1 fully saturated rings. The fourth-order valence-corrected chi connectivity index (χ4v) is 1.94. The fraction of sp³-hybridized carbons (Fsp3) is 0.909. The molecule has 0 saturated carbocycles. The van der Waals surface area contributed by atoms with Gasteiger partial charge in [-0.05, 0) is 26.2 Å². The summed E-state index contributed by atoms with van der Waals surface area (Å²) >= 11 is 0. The van der Waals surface area contributed by atoms with E-state index >= 15 is 0 Å². The molecule has 0 unspecified atom stereocenters. The zero-order chi connectivity index (χ0) is 11.3. The lowest BCUT2D eigenvalue weighted by Gasteiger charge is -2.36. The average molecular weight is 214 g/mol. The van der Waals surface area contributed by atoms with E-state index in [2.05, 4.69) is 6.92 Å². The maximum atomic E-state index is 12.2. The highest BCUT2D eigenvalue weighted by Crippen LogP contribution is 2.20. The summed E-state index contributed by atoms with van der Waals surface area (Å²) in [5, 5.41) is 0. The van der Waals surface area contributed by atoms with E-state index in [1.54, 1.807) is 0 Å². The first-order valence-electron chi connectivity index (χ1n) is 5.80. The monoisotopic (exact) mass is 214 g/mol. The maximum absolute atomic E-state index is 12.2. The number of nitrogens with two attached hydrogens (primary N) is 1. The van der Waals surface area contributed by atoms with E-state index in [1.165, 1.54) is 0 Å². The van der Waals surface area contributed by atoms with Crippen LogP contribution in [-0.4, -0.2) is 42.6 Å². The quantitative estimate of drug-likeness (QED) is 0.751. The predicted molar refractivity (Wildman–Crippen MR) is 59.5 cm³/mol. The van der Waals surface area contributed by atoms with Crippen LogP contribution in [0, 0.1) is 0 Å². The molecule has 15 heavy (non-hydrogen) atoms. The SMILES string of the molecule is CCCN(CC)C(=O)C1(N)CCOCC1. The van der Waals surface area contributed by atoms with Gasteiger partial charge < -0.3 is 15.4 Å². The summed E-state index contributed by atoms with van der Waals surface area (Å²) in [5.41, 5.74) is 5.46. The van der Waals surface area contributed by atoms with Crippen molar-refractivity contribution in [3.05, 3.63) is 0 Å². The van der Waals surface area contributed by atoms with Crippen LogP contribution in [0.25, 0.3) is 0 Å². The topological polar surface area (TPSA) is 55.6 Å². The zero-order valence-electron chi connectivity index (χ0n) is 9.79. The number of hydrogen-bond donors (Lipinski definition) is 1. The number of carbonyl (C=O) groups is 1. The fourth-order valence-electron chi connectivity index (χ4n) is 1.94. The number of rotatable bonds is 4. The van der Waals surface area contributed by atoms with Gasteiger partial charge in [0.25, 0.3) is 0 Å². The molecular weight excluding hydrogens is 192 g/mol. The van der Waals surface area contributed by atoms with E-state index in [1.807, 2.05) is 11.8 Å². The number of hydrogen-bond acceptors (Lipinski definition) is 3. The van der Waals surface area contributed by atoms with Crippen LogP contribution in [0.5, 0.6) is 0 Å². The van der Waals surface area contributed by atoms with Gasteiger partial charge >= 0.3 is 0 Å². The number of likely N-dealkylation sites (N-methyl/N-ethyl adjacent to an activating group) is 1. The molecule has 1 saturated heterocycles. The van der Waals surface area contributed by atoms with Crippen molar-refractivity contribution in [3.8, 4) is 0 Å². The van der Waals surface area contributed by atoms with Gasteiger partial charge in [-0.25, -0.2) is 0 Å². The van der Waals surface area contributed by atoms with Gasteiger partial charge in [0.05, 0.1) is 5.54 Å². The minimum Gasteiger partial charge on any atom is -0.381 e. The van der Waals surface area contributed by atoms with Gasteiger partial charge in [0, 0.05) is 26.3 Å². The Bertz CT molecular complexity index is 213. The second-order valence-corrected chi connectivity index (χ2v) is 4.15. The van der Waals surface area contributed by atoms with Gasteiger partial charge in [0.1, 0.15) is 0 Å².